The van der Waals surface area contributed by atoms with E-state index in [1.165, 1.54) is 6.92 Å². The van der Waals surface area contributed by atoms with Gasteiger partial charge in [-0.25, -0.2) is 4.39 Å². The summed E-state index contributed by atoms with van der Waals surface area (Å²) in [5.41, 5.74) is -1.32. The Hall–Kier alpha value is -0.320. The van der Waals surface area contributed by atoms with Crippen LogP contribution in [0.4, 0.5) is 17.6 Å². The highest BCUT2D eigenvalue weighted by Crippen LogP contribution is 2.27. The number of alkyl halides is 4. The summed E-state index contributed by atoms with van der Waals surface area (Å²) in [4.78, 5) is 0. The topological polar surface area (TPSA) is 9.23 Å². The molecule has 0 saturated carbocycles. The Morgan fingerprint density at radius 1 is 0.944 bits per heavy atom. The highest BCUT2D eigenvalue weighted by atomic mass is 19.4. The zero-order chi connectivity index (χ0) is 14.4. The largest absolute Gasteiger partial charge is 0.411 e. The third-order valence-corrected chi connectivity index (χ3v) is 2.85. The van der Waals surface area contributed by atoms with E-state index >= 15 is 0 Å². The van der Waals surface area contributed by atoms with Crippen molar-refractivity contribution in [2.75, 3.05) is 6.61 Å². The minimum atomic E-state index is -4.31. The number of hydrogen-bond donors (Lipinski definition) is 0. The Bertz CT molecular complexity index is 224. The number of rotatable bonds is 8. The monoisotopic (exact) mass is 272 g/mol. The normalized spacial score (nSPS) is 17.8. The maximum atomic E-state index is 14.0. The first-order valence-electron chi connectivity index (χ1n) is 6.39. The van der Waals surface area contributed by atoms with Crippen molar-refractivity contribution in [3.05, 3.63) is 0 Å². The van der Waals surface area contributed by atoms with Gasteiger partial charge in [-0.1, -0.05) is 13.8 Å². The van der Waals surface area contributed by atoms with Crippen LogP contribution < -0.4 is 0 Å². The third-order valence-electron chi connectivity index (χ3n) is 2.85. The Labute approximate surface area is 107 Å². The molecular formula is C13H24F4O. The van der Waals surface area contributed by atoms with Crippen LogP contribution in [0, 0.1) is 5.92 Å². The fraction of sp³-hybridized carbons (Fsp3) is 1.00. The molecule has 18 heavy (non-hydrogen) atoms. The number of ether oxygens (including phenoxy) is 1. The van der Waals surface area contributed by atoms with Crippen molar-refractivity contribution in [3.8, 4) is 0 Å². The predicted octanol–water partition coefficient (Wildman–Crippen LogP) is 4.90. The lowest BCUT2D eigenvalue weighted by Crippen LogP contribution is -2.25. The molecule has 0 aromatic carbocycles. The summed E-state index contributed by atoms with van der Waals surface area (Å²) < 4.78 is 54.3. The summed E-state index contributed by atoms with van der Waals surface area (Å²) in [6.07, 6.45) is -3.12. The second-order valence-electron chi connectivity index (χ2n) is 5.62. The molecule has 0 fully saturated rings. The van der Waals surface area contributed by atoms with E-state index in [1.807, 2.05) is 13.8 Å². The molecule has 0 aliphatic heterocycles. The fourth-order valence-corrected chi connectivity index (χ4v) is 1.54. The quantitative estimate of drug-likeness (QED) is 0.571. The van der Waals surface area contributed by atoms with Crippen LogP contribution in [0.5, 0.6) is 0 Å². The number of hydrogen-bond acceptors (Lipinski definition) is 1. The van der Waals surface area contributed by atoms with Crippen LogP contribution in [0.3, 0.4) is 0 Å². The molecular weight excluding hydrogens is 248 g/mol. The van der Waals surface area contributed by atoms with Gasteiger partial charge in [0.2, 0.25) is 0 Å². The van der Waals surface area contributed by atoms with Crippen molar-refractivity contribution in [2.45, 2.75) is 71.3 Å². The van der Waals surface area contributed by atoms with E-state index in [0.717, 1.165) is 6.42 Å². The summed E-state index contributed by atoms with van der Waals surface area (Å²) >= 11 is 0. The van der Waals surface area contributed by atoms with Crippen molar-refractivity contribution < 1.29 is 22.3 Å². The maximum absolute atomic E-state index is 14.0. The molecule has 110 valence electrons. The Morgan fingerprint density at radius 2 is 1.44 bits per heavy atom. The summed E-state index contributed by atoms with van der Waals surface area (Å²) in [7, 11) is 0. The van der Waals surface area contributed by atoms with Gasteiger partial charge in [0, 0.05) is 0 Å². The average molecular weight is 272 g/mol. The highest BCUT2D eigenvalue weighted by Gasteiger charge is 2.29. The van der Waals surface area contributed by atoms with Crippen molar-refractivity contribution in [1.82, 2.24) is 0 Å². The van der Waals surface area contributed by atoms with E-state index in [-0.39, 0.29) is 6.42 Å². The summed E-state index contributed by atoms with van der Waals surface area (Å²) in [5.74, 6) is 0.430. The van der Waals surface area contributed by atoms with Crippen LogP contribution in [0.2, 0.25) is 0 Å². The molecule has 0 saturated heterocycles. The minimum Gasteiger partial charge on any atom is -0.369 e. The Kier molecular flexibility index (Phi) is 7.18. The predicted molar refractivity (Wildman–Crippen MR) is 64.3 cm³/mol. The van der Waals surface area contributed by atoms with Crippen LogP contribution in [0.15, 0.2) is 0 Å². The van der Waals surface area contributed by atoms with Crippen LogP contribution in [-0.2, 0) is 4.74 Å². The fourth-order valence-electron chi connectivity index (χ4n) is 1.54. The molecule has 1 nitrogen and oxygen atoms in total. The molecule has 2 atom stereocenters. The van der Waals surface area contributed by atoms with Crippen molar-refractivity contribution in [1.29, 1.82) is 0 Å². The third kappa shape index (κ3) is 10.8. The van der Waals surface area contributed by atoms with Crippen LogP contribution in [0.25, 0.3) is 0 Å². The van der Waals surface area contributed by atoms with Gasteiger partial charge in [-0.2, -0.15) is 13.2 Å². The molecule has 2 unspecified atom stereocenters. The van der Waals surface area contributed by atoms with Gasteiger partial charge in [0.15, 0.2) is 0 Å². The standard InChI is InChI=1S/C13H24F4O/c1-10(2)5-7-12(4,14)8-6-11(3)18-9-13(15,16)17/h10-11H,5-9H2,1-4H3. The van der Waals surface area contributed by atoms with Crippen molar-refractivity contribution >= 4 is 0 Å². The smallest absolute Gasteiger partial charge is 0.369 e. The Balaban J connectivity index is 3.85. The molecule has 0 amide bonds. The molecule has 5 heteroatoms. The summed E-state index contributed by atoms with van der Waals surface area (Å²) in [6.45, 7) is 5.83. The maximum Gasteiger partial charge on any atom is 0.411 e. The first kappa shape index (κ1) is 17.7. The van der Waals surface area contributed by atoms with Gasteiger partial charge in [0.25, 0.3) is 0 Å². The molecule has 0 N–H and O–H groups in total. The summed E-state index contributed by atoms with van der Waals surface area (Å²) in [6, 6.07) is 0. The van der Waals surface area contributed by atoms with E-state index in [9.17, 15) is 17.6 Å². The molecule has 0 aromatic heterocycles. The molecule has 0 heterocycles. The second-order valence-corrected chi connectivity index (χ2v) is 5.62. The van der Waals surface area contributed by atoms with Crippen molar-refractivity contribution in [2.24, 2.45) is 5.92 Å². The lowest BCUT2D eigenvalue weighted by molar-refractivity contribution is -0.184. The van der Waals surface area contributed by atoms with Gasteiger partial charge in [-0.05, 0) is 45.4 Å². The molecule has 0 bridgehead atoms. The lowest BCUT2D eigenvalue weighted by atomic mass is 9.92. The Morgan fingerprint density at radius 3 is 1.89 bits per heavy atom. The highest BCUT2D eigenvalue weighted by molar-refractivity contribution is 4.75. The van der Waals surface area contributed by atoms with E-state index in [0.29, 0.717) is 18.8 Å². The first-order valence-corrected chi connectivity index (χ1v) is 6.39. The van der Waals surface area contributed by atoms with Crippen LogP contribution in [-0.4, -0.2) is 24.6 Å². The van der Waals surface area contributed by atoms with E-state index in [1.54, 1.807) is 6.92 Å². The molecule has 0 spiro atoms. The van der Waals surface area contributed by atoms with E-state index in [2.05, 4.69) is 4.74 Å². The second kappa shape index (κ2) is 7.31. The van der Waals surface area contributed by atoms with E-state index < -0.39 is 24.6 Å². The zero-order valence-electron chi connectivity index (χ0n) is 11.6. The average Bonchev–Trinajstić information content (AvgIpc) is 2.20. The summed E-state index contributed by atoms with van der Waals surface area (Å²) in [5, 5.41) is 0. The molecule has 0 rings (SSSR count). The van der Waals surface area contributed by atoms with Gasteiger partial charge in [0.1, 0.15) is 12.3 Å². The molecule has 0 radical (unpaired) electrons. The molecule has 0 aromatic rings. The first-order chi connectivity index (χ1) is 8.02. The number of halogens is 4. The van der Waals surface area contributed by atoms with E-state index in [4.69, 9.17) is 0 Å². The zero-order valence-corrected chi connectivity index (χ0v) is 11.6. The van der Waals surface area contributed by atoms with Gasteiger partial charge in [-0.3, -0.25) is 0 Å². The van der Waals surface area contributed by atoms with Crippen LogP contribution >= 0.6 is 0 Å². The molecule has 0 aliphatic rings. The van der Waals surface area contributed by atoms with Gasteiger partial charge >= 0.3 is 6.18 Å². The molecule has 0 aliphatic carbocycles. The van der Waals surface area contributed by atoms with Gasteiger partial charge < -0.3 is 4.74 Å². The minimum absolute atomic E-state index is 0.235. The van der Waals surface area contributed by atoms with Crippen LogP contribution in [0.1, 0.15) is 53.4 Å². The van der Waals surface area contributed by atoms with Crippen molar-refractivity contribution in [3.63, 3.8) is 0 Å². The van der Waals surface area contributed by atoms with Gasteiger partial charge in [0.05, 0.1) is 6.10 Å². The lowest BCUT2D eigenvalue weighted by Gasteiger charge is -2.23. The van der Waals surface area contributed by atoms with Gasteiger partial charge in [-0.15, -0.1) is 0 Å². The SMILES string of the molecule is CC(C)CCC(C)(F)CCC(C)OCC(F)(F)F.